The molecule has 2 rings (SSSR count). The van der Waals surface area contributed by atoms with E-state index in [9.17, 15) is 9.59 Å². The van der Waals surface area contributed by atoms with Crippen LogP contribution in [0.3, 0.4) is 0 Å². The Morgan fingerprint density at radius 3 is 2.62 bits per heavy atom. The molecule has 0 aromatic carbocycles. The normalized spacial score (nSPS) is 16.8. The van der Waals surface area contributed by atoms with Crippen LogP contribution in [-0.2, 0) is 16.0 Å². The molecule has 21 heavy (non-hydrogen) atoms. The number of hydrogen-bond donors (Lipinski definition) is 2. The zero-order chi connectivity index (χ0) is 15.4. The lowest BCUT2D eigenvalue weighted by Gasteiger charge is -2.21. The molecule has 1 aromatic rings. The molecule has 1 fully saturated rings. The largest absolute Gasteiger partial charge is 0.480 e. The van der Waals surface area contributed by atoms with Crippen molar-refractivity contribution in [3.05, 3.63) is 17.0 Å². The van der Waals surface area contributed by atoms with Crippen LogP contribution < -0.4 is 0 Å². The third-order valence-corrected chi connectivity index (χ3v) is 3.91. The van der Waals surface area contributed by atoms with Crippen molar-refractivity contribution in [1.29, 1.82) is 0 Å². The van der Waals surface area contributed by atoms with E-state index in [1.165, 1.54) is 0 Å². The number of carboxylic acid groups (broad SMARTS) is 1. The Morgan fingerprint density at radius 1 is 1.24 bits per heavy atom. The number of nitrogens with one attached hydrogen (secondary N) is 1. The fourth-order valence-corrected chi connectivity index (χ4v) is 2.67. The molecule has 0 radical (unpaired) electrons. The average Bonchev–Trinajstić information content (AvgIpc) is 2.65. The summed E-state index contributed by atoms with van der Waals surface area (Å²) in [7, 11) is 0. The molecule has 1 aromatic heterocycles. The highest BCUT2D eigenvalue weighted by atomic mass is 16.4. The minimum absolute atomic E-state index is 0.0436. The highest BCUT2D eigenvalue weighted by Crippen LogP contribution is 2.12. The molecule has 2 N–H and O–H groups in total. The Balaban J connectivity index is 1.93. The Hall–Kier alpha value is -1.89. The van der Waals surface area contributed by atoms with E-state index in [1.807, 2.05) is 23.6 Å². The summed E-state index contributed by atoms with van der Waals surface area (Å²) in [5.41, 5.74) is 2.76. The monoisotopic (exact) mass is 294 g/mol. The van der Waals surface area contributed by atoms with Gasteiger partial charge in [-0.15, -0.1) is 0 Å². The minimum atomic E-state index is -0.820. The molecular weight excluding hydrogens is 272 g/mol. The predicted molar refractivity (Wildman–Crippen MR) is 77.0 cm³/mol. The Bertz CT molecular complexity index is 507. The van der Waals surface area contributed by atoms with Crippen LogP contribution in [0.25, 0.3) is 0 Å². The Morgan fingerprint density at radius 2 is 2.00 bits per heavy atom. The fraction of sp³-hybridized carbons (Fsp3) is 0.643. The maximum Gasteiger partial charge on any atom is 0.317 e. The summed E-state index contributed by atoms with van der Waals surface area (Å²) >= 11 is 0. The fourth-order valence-electron chi connectivity index (χ4n) is 2.67. The van der Waals surface area contributed by atoms with Crippen LogP contribution in [0.4, 0.5) is 0 Å². The van der Waals surface area contributed by atoms with Crippen LogP contribution in [-0.4, -0.2) is 69.7 Å². The molecule has 2 heterocycles. The molecule has 1 aliphatic rings. The molecule has 7 heteroatoms. The smallest absolute Gasteiger partial charge is 0.317 e. The number of rotatable bonds is 4. The molecule has 1 saturated heterocycles. The summed E-state index contributed by atoms with van der Waals surface area (Å²) < 4.78 is 0. The van der Waals surface area contributed by atoms with E-state index in [-0.39, 0.29) is 12.5 Å². The van der Waals surface area contributed by atoms with E-state index in [1.54, 1.807) is 0 Å². The SMILES string of the molecule is Cc1n[nH]c(C)c1CC(=O)N1CCCN(CC(=O)O)CC1. The van der Waals surface area contributed by atoms with Gasteiger partial charge in [0.05, 0.1) is 18.7 Å². The van der Waals surface area contributed by atoms with Crippen LogP contribution in [0.2, 0.25) is 0 Å². The van der Waals surface area contributed by atoms with Crippen molar-refractivity contribution in [2.24, 2.45) is 0 Å². The first-order valence-electron chi connectivity index (χ1n) is 7.19. The topological polar surface area (TPSA) is 89.5 Å². The maximum atomic E-state index is 12.4. The number of carbonyl (C=O) groups excluding carboxylic acids is 1. The lowest BCUT2D eigenvalue weighted by atomic mass is 10.1. The van der Waals surface area contributed by atoms with Gasteiger partial charge in [-0.25, -0.2) is 0 Å². The van der Waals surface area contributed by atoms with Gasteiger partial charge in [0, 0.05) is 37.4 Å². The highest BCUT2D eigenvalue weighted by Gasteiger charge is 2.21. The quantitative estimate of drug-likeness (QED) is 0.827. The number of carbonyl (C=O) groups is 2. The van der Waals surface area contributed by atoms with Gasteiger partial charge < -0.3 is 10.0 Å². The first-order valence-corrected chi connectivity index (χ1v) is 7.19. The maximum absolute atomic E-state index is 12.4. The van der Waals surface area contributed by atoms with Gasteiger partial charge in [0.2, 0.25) is 5.91 Å². The number of aryl methyl sites for hydroxylation is 2. The number of aromatic nitrogens is 2. The number of nitrogens with zero attached hydrogens (tertiary/aromatic N) is 3. The first-order chi connectivity index (χ1) is 9.97. The first kappa shape index (κ1) is 15.5. The van der Waals surface area contributed by atoms with Gasteiger partial charge >= 0.3 is 5.97 Å². The van der Waals surface area contributed by atoms with Crippen LogP contribution in [0, 0.1) is 13.8 Å². The van der Waals surface area contributed by atoms with E-state index in [2.05, 4.69) is 10.2 Å². The third-order valence-electron chi connectivity index (χ3n) is 3.91. The van der Waals surface area contributed by atoms with Gasteiger partial charge in [-0.1, -0.05) is 0 Å². The molecule has 1 amide bonds. The van der Waals surface area contributed by atoms with E-state index in [0.29, 0.717) is 26.1 Å². The van der Waals surface area contributed by atoms with Crippen molar-refractivity contribution in [3.8, 4) is 0 Å². The Labute approximate surface area is 123 Å². The molecule has 7 nitrogen and oxygen atoms in total. The van der Waals surface area contributed by atoms with Crippen LogP contribution in [0.1, 0.15) is 23.4 Å². The Kier molecular flexibility index (Phi) is 4.95. The molecule has 116 valence electrons. The van der Waals surface area contributed by atoms with Crippen LogP contribution >= 0.6 is 0 Å². The van der Waals surface area contributed by atoms with Gasteiger partial charge in [0.25, 0.3) is 0 Å². The summed E-state index contributed by atoms with van der Waals surface area (Å²) in [6.45, 7) is 6.46. The summed E-state index contributed by atoms with van der Waals surface area (Å²) in [5, 5.41) is 15.8. The highest BCUT2D eigenvalue weighted by molar-refractivity contribution is 5.79. The number of amides is 1. The lowest BCUT2D eigenvalue weighted by Crippen LogP contribution is -2.37. The second-order valence-electron chi connectivity index (χ2n) is 5.49. The third kappa shape index (κ3) is 4.04. The zero-order valence-corrected chi connectivity index (χ0v) is 12.6. The van der Waals surface area contributed by atoms with E-state index < -0.39 is 5.97 Å². The zero-order valence-electron chi connectivity index (χ0n) is 12.6. The summed E-state index contributed by atoms with van der Waals surface area (Å²) in [6, 6.07) is 0. The molecule has 0 atom stereocenters. The van der Waals surface area contributed by atoms with Gasteiger partial charge in [-0.2, -0.15) is 5.10 Å². The van der Waals surface area contributed by atoms with Crippen molar-refractivity contribution in [1.82, 2.24) is 20.0 Å². The molecular formula is C14H22N4O3. The standard InChI is InChI=1S/C14H22N4O3/c1-10-12(11(2)16-15-10)8-13(19)18-5-3-4-17(6-7-18)9-14(20)21/h3-9H2,1-2H3,(H,15,16)(H,20,21). The predicted octanol–water partition coefficient (Wildman–Crippen LogP) is 0.188. The second-order valence-corrected chi connectivity index (χ2v) is 5.49. The van der Waals surface area contributed by atoms with E-state index in [0.717, 1.165) is 29.9 Å². The van der Waals surface area contributed by atoms with E-state index >= 15 is 0 Å². The molecule has 0 unspecified atom stereocenters. The van der Waals surface area contributed by atoms with Crippen molar-refractivity contribution in [3.63, 3.8) is 0 Å². The van der Waals surface area contributed by atoms with Crippen LogP contribution in [0.5, 0.6) is 0 Å². The summed E-state index contributed by atoms with van der Waals surface area (Å²) in [4.78, 5) is 26.9. The molecule has 0 saturated carbocycles. The number of hydrogen-bond acceptors (Lipinski definition) is 4. The van der Waals surface area contributed by atoms with Crippen molar-refractivity contribution in [2.75, 3.05) is 32.7 Å². The molecule has 1 aliphatic heterocycles. The van der Waals surface area contributed by atoms with Crippen molar-refractivity contribution in [2.45, 2.75) is 26.7 Å². The lowest BCUT2D eigenvalue weighted by molar-refractivity contribution is -0.138. The number of aliphatic carboxylic acids is 1. The van der Waals surface area contributed by atoms with Gasteiger partial charge in [0.15, 0.2) is 0 Å². The van der Waals surface area contributed by atoms with Crippen molar-refractivity contribution >= 4 is 11.9 Å². The van der Waals surface area contributed by atoms with Crippen molar-refractivity contribution < 1.29 is 14.7 Å². The number of aromatic amines is 1. The molecule has 0 aliphatic carbocycles. The summed E-state index contributed by atoms with van der Waals surface area (Å²) in [5.74, 6) is -0.737. The van der Waals surface area contributed by atoms with Gasteiger partial charge in [-0.05, 0) is 20.3 Å². The average molecular weight is 294 g/mol. The van der Waals surface area contributed by atoms with E-state index in [4.69, 9.17) is 5.11 Å². The number of carboxylic acids is 1. The summed E-state index contributed by atoms with van der Waals surface area (Å²) in [6.07, 6.45) is 1.16. The second kappa shape index (κ2) is 6.71. The molecule has 0 spiro atoms. The van der Waals surface area contributed by atoms with Crippen LogP contribution in [0.15, 0.2) is 0 Å². The molecule has 0 bridgehead atoms. The number of H-pyrrole nitrogens is 1. The van der Waals surface area contributed by atoms with Gasteiger partial charge in [-0.3, -0.25) is 19.6 Å². The van der Waals surface area contributed by atoms with Gasteiger partial charge in [0.1, 0.15) is 0 Å². The minimum Gasteiger partial charge on any atom is -0.480 e.